The van der Waals surface area contributed by atoms with Crippen LogP contribution in [0.1, 0.15) is 32.3 Å². The molecule has 0 aliphatic carbocycles. The maximum Gasteiger partial charge on any atom is 0.132 e. The molecule has 2 atom stereocenters. The molecule has 0 amide bonds. The molecule has 1 aromatic carbocycles. The molecule has 0 radical (unpaired) electrons. The van der Waals surface area contributed by atoms with E-state index in [0.717, 1.165) is 17.7 Å². The van der Waals surface area contributed by atoms with Crippen LogP contribution in [-0.2, 0) is 5.54 Å². The van der Waals surface area contributed by atoms with Crippen LogP contribution in [0.25, 0.3) is 0 Å². The monoisotopic (exact) mass is 262 g/mol. The summed E-state index contributed by atoms with van der Waals surface area (Å²) in [5.74, 6) is 0.998. The predicted octanol–water partition coefficient (Wildman–Crippen LogP) is 3.55. The molecule has 0 aliphatic heterocycles. The number of rotatable bonds is 7. The van der Waals surface area contributed by atoms with E-state index in [1.807, 2.05) is 49.1 Å². The zero-order valence-electron chi connectivity index (χ0n) is 11.4. The SMILES string of the molecule is CCC(C)SCCC(C#N)(NC)c1ccccc1. The van der Waals surface area contributed by atoms with E-state index in [2.05, 4.69) is 25.2 Å². The topological polar surface area (TPSA) is 35.8 Å². The molecule has 2 nitrogen and oxygen atoms in total. The van der Waals surface area contributed by atoms with Crippen molar-refractivity contribution in [3.63, 3.8) is 0 Å². The van der Waals surface area contributed by atoms with Crippen molar-refractivity contribution in [3.05, 3.63) is 35.9 Å². The molecule has 2 unspecified atom stereocenters. The van der Waals surface area contributed by atoms with Crippen LogP contribution in [0.4, 0.5) is 0 Å². The summed E-state index contributed by atoms with van der Waals surface area (Å²) < 4.78 is 0. The van der Waals surface area contributed by atoms with Crippen LogP contribution in [0.5, 0.6) is 0 Å². The Bertz CT molecular complexity index is 385. The Hall–Kier alpha value is -0.980. The van der Waals surface area contributed by atoms with Crippen LogP contribution in [-0.4, -0.2) is 18.1 Å². The molecule has 0 aliphatic rings. The molecule has 0 fully saturated rings. The Kier molecular flexibility index (Phi) is 6.24. The maximum atomic E-state index is 9.53. The van der Waals surface area contributed by atoms with Crippen molar-refractivity contribution in [1.29, 1.82) is 5.26 Å². The molecule has 1 aromatic rings. The average molecular weight is 262 g/mol. The third-order valence-corrected chi connectivity index (χ3v) is 4.68. The largest absolute Gasteiger partial charge is 0.299 e. The van der Waals surface area contributed by atoms with E-state index >= 15 is 0 Å². The molecule has 18 heavy (non-hydrogen) atoms. The smallest absolute Gasteiger partial charge is 0.132 e. The van der Waals surface area contributed by atoms with E-state index in [4.69, 9.17) is 0 Å². The lowest BCUT2D eigenvalue weighted by molar-refractivity contribution is 0.456. The molecule has 0 aromatic heterocycles. The summed E-state index contributed by atoms with van der Waals surface area (Å²) in [5.41, 5.74) is 0.501. The maximum absolute atomic E-state index is 9.53. The molecule has 0 heterocycles. The van der Waals surface area contributed by atoms with Gasteiger partial charge in [0.05, 0.1) is 6.07 Å². The van der Waals surface area contributed by atoms with E-state index in [-0.39, 0.29) is 0 Å². The molecule has 1 N–H and O–H groups in total. The molecule has 0 bridgehead atoms. The highest BCUT2D eigenvalue weighted by Gasteiger charge is 2.29. The van der Waals surface area contributed by atoms with Gasteiger partial charge in [-0.25, -0.2) is 0 Å². The number of thioether (sulfide) groups is 1. The van der Waals surface area contributed by atoms with Gasteiger partial charge in [-0.05, 0) is 31.2 Å². The van der Waals surface area contributed by atoms with Gasteiger partial charge in [0.15, 0.2) is 0 Å². The summed E-state index contributed by atoms with van der Waals surface area (Å²) in [6.07, 6.45) is 2.01. The van der Waals surface area contributed by atoms with Crippen molar-refractivity contribution < 1.29 is 0 Å². The van der Waals surface area contributed by atoms with Gasteiger partial charge in [0.25, 0.3) is 0 Å². The third kappa shape index (κ3) is 3.76. The highest BCUT2D eigenvalue weighted by atomic mass is 32.2. The van der Waals surface area contributed by atoms with E-state index in [1.54, 1.807) is 0 Å². The van der Waals surface area contributed by atoms with Crippen molar-refractivity contribution in [2.24, 2.45) is 0 Å². The Morgan fingerprint density at radius 1 is 1.39 bits per heavy atom. The highest BCUT2D eigenvalue weighted by molar-refractivity contribution is 7.99. The predicted molar refractivity (Wildman–Crippen MR) is 79.6 cm³/mol. The lowest BCUT2D eigenvalue weighted by Gasteiger charge is -2.27. The molecule has 0 spiro atoms. The molecule has 0 saturated carbocycles. The van der Waals surface area contributed by atoms with Crippen LogP contribution in [0, 0.1) is 11.3 Å². The van der Waals surface area contributed by atoms with Gasteiger partial charge < -0.3 is 0 Å². The fraction of sp³-hybridized carbons (Fsp3) is 0.533. The van der Waals surface area contributed by atoms with Gasteiger partial charge in [-0.2, -0.15) is 17.0 Å². The fourth-order valence-corrected chi connectivity index (χ4v) is 2.91. The number of nitriles is 1. The molecule has 1 rings (SSSR count). The first kappa shape index (κ1) is 15.1. The Balaban J connectivity index is 2.73. The minimum Gasteiger partial charge on any atom is -0.299 e. The lowest BCUT2D eigenvalue weighted by Crippen LogP contribution is -2.39. The van der Waals surface area contributed by atoms with Gasteiger partial charge >= 0.3 is 0 Å². The van der Waals surface area contributed by atoms with Crippen LogP contribution >= 0.6 is 11.8 Å². The van der Waals surface area contributed by atoms with E-state index < -0.39 is 5.54 Å². The minimum absolute atomic E-state index is 0.554. The second-order valence-electron chi connectivity index (χ2n) is 4.47. The van der Waals surface area contributed by atoms with Gasteiger partial charge in [0.1, 0.15) is 5.54 Å². The second-order valence-corrected chi connectivity index (χ2v) is 6.02. The number of nitrogens with zero attached hydrogens (tertiary/aromatic N) is 1. The number of hydrogen-bond donors (Lipinski definition) is 1. The summed E-state index contributed by atoms with van der Waals surface area (Å²) in [6.45, 7) is 4.44. The molecule has 0 saturated heterocycles. The molecular formula is C15H22N2S. The van der Waals surface area contributed by atoms with Crippen LogP contribution in [0.2, 0.25) is 0 Å². The van der Waals surface area contributed by atoms with Crippen molar-refractivity contribution >= 4 is 11.8 Å². The van der Waals surface area contributed by atoms with Crippen molar-refractivity contribution in [2.75, 3.05) is 12.8 Å². The van der Waals surface area contributed by atoms with Crippen LogP contribution in [0.3, 0.4) is 0 Å². The zero-order valence-corrected chi connectivity index (χ0v) is 12.3. The van der Waals surface area contributed by atoms with Gasteiger partial charge in [0, 0.05) is 5.25 Å². The standard InChI is InChI=1S/C15H22N2S/c1-4-13(2)18-11-10-15(12-16,17-3)14-8-6-5-7-9-14/h5-9,13,17H,4,10-11H2,1-3H3. The van der Waals surface area contributed by atoms with Crippen molar-refractivity contribution in [2.45, 2.75) is 37.5 Å². The summed E-state index contributed by atoms with van der Waals surface area (Å²) in [7, 11) is 1.87. The Labute approximate surface area is 115 Å². The van der Waals surface area contributed by atoms with Gasteiger partial charge in [-0.3, -0.25) is 5.32 Å². The lowest BCUT2D eigenvalue weighted by atomic mass is 9.89. The number of nitrogens with one attached hydrogen (secondary N) is 1. The molecule has 98 valence electrons. The third-order valence-electron chi connectivity index (χ3n) is 3.34. The van der Waals surface area contributed by atoms with Crippen molar-refractivity contribution in [1.82, 2.24) is 5.32 Å². The van der Waals surface area contributed by atoms with E-state index in [0.29, 0.717) is 5.25 Å². The summed E-state index contributed by atoms with van der Waals surface area (Å²) in [5, 5.41) is 13.4. The Morgan fingerprint density at radius 2 is 2.06 bits per heavy atom. The second kappa shape index (κ2) is 7.45. The summed E-state index contributed by atoms with van der Waals surface area (Å²) in [4.78, 5) is 0. The summed E-state index contributed by atoms with van der Waals surface area (Å²) in [6, 6.07) is 12.4. The van der Waals surface area contributed by atoms with Gasteiger partial charge in [-0.15, -0.1) is 0 Å². The highest BCUT2D eigenvalue weighted by Crippen LogP contribution is 2.27. The van der Waals surface area contributed by atoms with Gasteiger partial charge in [0.2, 0.25) is 0 Å². The van der Waals surface area contributed by atoms with Crippen LogP contribution < -0.4 is 5.32 Å². The summed E-state index contributed by atoms with van der Waals surface area (Å²) >= 11 is 1.94. The first-order chi connectivity index (χ1) is 8.68. The molecular weight excluding hydrogens is 240 g/mol. The Morgan fingerprint density at radius 3 is 2.56 bits per heavy atom. The van der Waals surface area contributed by atoms with E-state index in [9.17, 15) is 5.26 Å². The molecule has 3 heteroatoms. The first-order valence-corrected chi connectivity index (χ1v) is 7.50. The fourth-order valence-electron chi connectivity index (χ4n) is 1.84. The number of hydrogen-bond acceptors (Lipinski definition) is 3. The van der Waals surface area contributed by atoms with Gasteiger partial charge in [-0.1, -0.05) is 44.2 Å². The average Bonchev–Trinajstić information content (AvgIpc) is 2.44. The van der Waals surface area contributed by atoms with E-state index in [1.165, 1.54) is 6.42 Å². The normalized spacial score (nSPS) is 15.7. The van der Waals surface area contributed by atoms with Crippen molar-refractivity contribution in [3.8, 4) is 6.07 Å². The quantitative estimate of drug-likeness (QED) is 0.816. The van der Waals surface area contributed by atoms with Crippen LogP contribution in [0.15, 0.2) is 30.3 Å². The number of benzene rings is 1. The zero-order chi connectivity index (χ0) is 13.4. The first-order valence-electron chi connectivity index (χ1n) is 6.45. The minimum atomic E-state index is -0.554.